The van der Waals surface area contributed by atoms with Crippen LogP contribution in [0.4, 0.5) is 0 Å². The van der Waals surface area contributed by atoms with Gasteiger partial charge in [-0.25, -0.2) is 0 Å². The first-order valence-corrected chi connectivity index (χ1v) is 7.23. The topological polar surface area (TPSA) is 49.3 Å². The summed E-state index contributed by atoms with van der Waals surface area (Å²) in [7, 11) is 0. The van der Waals surface area contributed by atoms with Gasteiger partial charge >= 0.3 is 0 Å². The van der Waals surface area contributed by atoms with E-state index < -0.39 is 0 Å². The van der Waals surface area contributed by atoms with E-state index in [1.54, 1.807) is 6.07 Å². The lowest BCUT2D eigenvalue weighted by molar-refractivity contribution is 0.0884. The van der Waals surface area contributed by atoms with Gasteiger partial charge in [0.25, 0.3) is 5.91 Å². The fraction of sp³-hybridized carbons (Fsp3) is 0.533. The van der Waals surface area contributed by atoms with E-state index in [2.05, 4.69) is 42.0 Å². The molecule has 1 aromatic rings. The average molecular weight is 328 g/mol. The van der Waals surface area contributed by atoms with Gasteiger partial charge in [-0.05, 0) is 46.3 Å². The van der Waals surface area contributed by atoms with Crippen LogP contribution in [0.2, 0.25) is 0 Å². The SMILES string of the molecule is Cc1cccc(C(=O)NC(CCO)C(C)(C)C)c1Br. The van der Waals surface area contributed by atoms with Crippen molar-refractivity contribution in [1.82, 2.24) is 5.32 Å². The molecule has 0 bridgehead atoms. The molecule has 1 atom stereocenters. The Labute approximate surface area is 123 Å². The van der Waals surface area contributed by atoms with E-state index >= 15 is 0 Å². The minimum Gasteiger partial charge on any atom is -0.396 e. The summed E-state index contributed by atoms with van der Waals surface area (Å²) in [6.07, 6.45) is 0.554. The van der Waals surface area contributed by atoms with Crippen LogP contribution in [0, 0.1) is 12.3 Å². The molecular formula is C15H22BrNO2. The molecular weight excluding hydrogens is 306 g/mol. The average Bonchev–Trinajstić information content (AvgIpc) is 2.30. The normalized spacial score (nSPS) is 13.2. The molecule has 0 spiro atoms. The van der Waals surface area contributed by atoms with Crippen molar-refractivity contribution in [3.8, 4) is 0 Å². The Hall–Kier alpha value is -0.870. The highest BCUT2D eigenvalue weighted by atomic mass is 79.9. The van der Waals surface area contributed by atoms with E-state index in [-0.39, 0.29) is 24.0 Å². The zero-order valence-electron chi connectivity index (χ0n) is 12.0. The summed E-state index contributed by atoms with van der Waals surface area (Å²) in [6.45, 7) is 8.18. The molecule has 0 heterocycles. The number of benzene rings is 1. The second kappa shape index (κ2) is 6.53. The molecule has 0 aliphatic carbocycles. The fourth-order valence-electron chi connectivity index (χ4n) is 1.91. The lowest BCUT2D eigenvalue weighted by Crippen LogP contribution is -2.44. The summed E-state index contributed by atoms with van der Waals surface area (Å²) >= 11 is 3.45. The molecule has 1 unspecified atom stereocenters. The lowest BCUT2D eigenvalue weighted by Gasteiger charge is -2.31. The first-order chi connectivity index (χ1) is 8.77. The van der Waals surface area contributed by atoms with E-state index in [1.165, 1.54) is 0 Å². The molecule has 0 fully saturated rings. The lowest BCUT2D eigenvalue weighted by atomic mass is 9.84. The largest absolute Gasteiger partial charge is 0.396 e. The third-order valence-electron chi connectivity index (χ3n) is 3.20. The number of aryl methyl sites for hydroxylation is 1. The summed E-state index contributed by atoms with van der Waals surface area (Å²) in [5, 5.41) is 12.1. The van der Waals surface area contributed by atoms with Crippen molar-refractivity contribution in [3.63, 3.8) is 0 Å². The van der Waals surface area contributed by atoms with Gasteiger partial charge in [-0.15, -0.1) is 0 Å². The molecule has 0 aliphatic heterocycles. The highest BCUT2D eigenvalue weighted by Crippen LogP contribution is 2.24. The van der Waals surface area contributed by atoms with E-state index in [4.69, 9.17) is 5.11 Å². The van der Waals surface area contributed by atoms with Crippen molar-refractivity contribution < 1.29 is 9.90 Å². The van der Waals surface area contributed by atoms with Gasteiger partial charge in [0, 0.05) is 17.1 Å². The maximum atomic E-state index is 12.3. The number of amides is 1. The van der Waals surface area contributed by atoms with E-state index in [9.17, 15) is 4.79 Å². The maximum Gasteiger partial charge on any atom is 0.252 e. The Morgan fingerprint density at radius 2 is 2.05 bits per heavy atom. The monoisotopic (exact) mass is 327 g/mol. The van der Waals surface area contributed by atoms with Gasteiger partial charge in [-0.3, -0.25) is 4.79 Å². The van der Waals surface area contributed by atoms with Gasteiger partial charge in [-0.1, -0.05) is 32.9 Å². The molecule has 19 heavy (non-hydrogen) atoms. The minimum absolute atomic E-state index is 0.0580. The fourth-order valence-corrected chi connectivity index (χ4v) is 2.35. The van der Waals surface area contributed by atoms with Crippen LogP contribution in [-0.4, -0.2) is 23.7 Å². The molecule has 106 valence electrons. The molecule has 1 amide bonds. The molecule has 1 rings (SSSR count). The number of aliphatic hydroxyl groups excluding tert-OH is 1. The van der Waals surface area contributed by atoms with Crippen molar-refractivity contribution in [2.24, 2.45) is 5.41 Å². The van der Waals surface area contributed by atoms with E-state index in [0.29, 0.717) is 12.0 Å². The van der Waals surface area contributed by atoms with Crippen molar-refractivity contribution in [2.45, 2.75) is 40.2 Å². The molecule has 4 heteroatoms. The van der Waals surface area contributed by atoms with Crippen LogP contribution in [0.15, 0.2) is 22.7 Å². The Morgan fingerprint density at radius 1 is 1.42 bits per heavy atom. The molecule has 0 saturated carbocycles. The van der Waals surface area contributed by atoms with Gasteiger partial charge in [-0.2, -0.15) is 0 Å². The van der Waals surface area contributed by atoms with Gasteiger partial charge in [0.15, 0.2) is 0 Å². The minimum atomic E-state index is -0.107. The van der Waals surface area contributed by atoms with E-state index in [1.807, 2.05) is 19.1 Å². The Bertz CT molecular complexity index is 452. The van der Waals surface area contributed by atoms with Crippen LogP contribution in [0.3, 0.4) is 0 Å². The molecule has 0 aromatic heterocycles. The van der Waals surface area contributed by atoms with Gasteiger partial charge in [0.1, 0.15) is 0 Å². The van der Waals surface area contributed by atoms with Crippen molar-refractivity contribution in [1.29, 1.82) is 0 Å². The van der Waals surface area contributed by atoms with Crippen molar-refractivity contribution >= 4 is 21.8 Å². The first-order valence-electron chi connectivity index (χ1n) is 6.44. The highest BCUT2D eigenvalue weighted by molar-refractivity contribution is 9.10. The van der Waals surface area contributed by atoms with Crippen LogP contribution in [0.25, 0.3) is 0 Å². The summed E-state index contributed by atoms with van der Waals surface area (Å²) < 4.78 is 0.823. The van der Waals surface area contributed by atoms with Gasteiger partial charge in [0.05, 0.1) is 5.56 Å². The van der Waals surface area contributed by atoms with Crippen molar-refractivity contribution in [2.75, 3.05) is 6.61 Å². The summed E-state index contributed by atoms with van der Waals surface area (Å²) in [4.78, 5) is 12.3. The Balaban J connectivity index is 2.91. The van der Waals surface area contributed by atoms with Crippen LogP contribution >= 0.6 is 15.9 Å². The second-order valence-corrected chi connectivity index (χ2v) is 6.63. The molecule has 0 radical (unpaired) electrons. The van der Waals surface area contributed by atoms with Gasteiger partial charge < -0.3 is 10.4 Å². The Kier molecular flexibility index (Phi) is 5.56. The van der Waals surface area contributed by atoms with E-state index in [0.717, 1.165) is 10.0 Å². The van der Waals surface area contributed by atoms with Crippen LogP contribution in [0.5, 0.6) is 0 Å². The summed E-state index contributed by atoms with van der Waals surface area (Å²) in [5.74, 6) is -0.107. The van der Waals surface area contributed by atoms with Gasteiger partial charge in [0.2, 0.25) is 0 Å². The number of nitrogens with one attached hydrogen (secondary N) is 1. The number of carbonyl (C=O) groups is 1. The Morgan fingerprint density at radius 3 is 2.58 bits per heavy atom. The first kappa shape index (κ1) is 16.2. The second-order valence-electron chi connectivity index (χ2n) is 5.84. The quantitative estimate of drug-likeness (QED) is 0.891. The molecule has 2 N–H and O–H groups in total. The van der Waals surface area contributed by atoms with Crippen LogP contribution < -0.4 is 5.32 Å². The summed E-state index contributed by atoms with van der Waals surface area (Å²) in [5.41, 5.74) is 1.57. The van der Waals surface area contributed by atoms with Crippen LogP contribution in [0.1, 0.15) is 43.1 Å². The number of carbonyl (C=O) groups excluding carboxylic acids is 1. The predicted molar refractivity (Wildman–Crippen MR) is 81.3 cm³/mol. The predicted octanol–water partition coefficient (Wildman–Crippen LogP) is 3.28. The number of halogens is 1. The highest BCUT2D eigenvalue weighted by Gasteiger charge is 2.26. The number of hydrogen-bond donors (Lipinski definition) is 2. The summed E-state index contributed by atoms with van der Waals surface area (Å²) in [6, 6.07) is 5.56. The zero-order chi connectivity index (χ0) is 14.6. The molecule has 3 nitrogen and oxygen atoms in total. The maximum absolute atomic E-state index is 12.3. The molecule has 1 aromatic carbocycles. The number of aliphatic hydroxyl groups is 1. The zero-order valence-corrected chi connectivity index (χ0v) is 13.5. The third kappa shape index (κ3) is 4.32. The smallest absolute Gasteiger partial charge is 0.252 e. The number of hydrogen-bond acceptors (Lipinski definition) is 2. The van der Waals surface area contributed by atoms with Crippen LogP contribution in [-0.2, 0) is 0 Å². The molecule has 0 saturated heterocycles. The molecule has 0 aliphatic rings. The number of rotatable bonds is 4. The standard InChI is InChI=1S/C15H22BrNO2/c1-10-6-5-7-11(13(10)16)14(19)17-12(8-9-18)15(2,3)4/h5-7,12,18H,8-9H2,1-4H3,(H,17,19). The van der Waals surface area contributed by atoms with Crippen molar-refractivity contribution in [3.05, 3.63) is 33.8 Å². The third-order valence-corrected chi connectivity index (χ3v) is 4.26.